The Balaban J connectivity index is 2.14. The molecule has 0 aliphatic carbocycles. The van der Waals surface area contributed by atoms with Crippen molar-refractivity contribution in [2.75, 3.05) is 0 Å². The van der Waals surface area contributed by atoms with Gasteiger partial charge >= 0.3 is 0 Å². The van der Waals surface area contributed by atoms with Crippen LogP contribution in [0.1, 0.15) is 31.0 Å². The van der Waals surface area contributed by atoms with E-state index in [1.165, 1.54) is 18.2 Å². The van der Waals surface area contributed by atoms with Gasteiger partial charge in [-0.05, 0) is 29.7 Å². The van der Waals surface area contributed by atoms with Crippen molar-refractivity contribution in [3.05, 3.63) is 70.2 Å². The largest absolute Gasteiger partial charge is 0.306 e. The van der Waals surface area contributed by atoms with Crippen LogP contribution in [0.5, 0.6) is 0 Å². The molecule has 112 valence electrons. The van der Waals surface area contributed by atoms with Crippen LogP contribution in [0.3, 0.4) is 0 Å². The van der Waals surface area contributed by atoms with Crippen LogP contribution in [-0.4, -0.2) is 0 Å². The van der Waals surface area contributed by atoms with Gasteiger partial charge in [-0.1, -0.05) is 49.7 Å². The van der Waals surface area contributed by atoms with E-state index in [4.69, 9.17) is 11.6 Å². The van der Waals surface area contributed by atoms with Crippen molar-refractivity contribution < 1.29 is 8.78 Å². The summed E-state index contributed by atoms with van der Waals surface area (Å²) >= 11 is 5.78. The lowest BCUT2D eigenvalue weighted by Gasteiger charge is -2.23. The second-order valence-corrected chi connectivity index (χ2v) is 5.77. The number of hydrogen-bond donors (Lipinski definition) is 1. The molecule has 2 rings (SSSR count). The summed E-state index contributed by atoms with van der Waals surface area (Å²) in [6.07, 6.45) is 0. The molecule has 21 heavy (non-hydrogen) atoms. The Hall–Kier alpha value is -1.45. The summed E-state index contributed by atoms with van der Waals surface area (Å²) < 4.78 is 26.9. The van der Waals surface area contributed by atoms with Crippen LogP contribution in [0.25, 0.3) is 0 Å². The maximum absolute atomic E-state index is 13.9. The molecule has 0 aliphatic heterocycles. The predicted molar refractivity (Wildman–Crippen MR) is 82.2 cm³/mol. The van der Waals surface area contributed by atoms with Gasteiger partial charge in [-0.2, -0.15) is 0 Å². The number of nitrogens with one attached hydrogen (secondary N) is 1. The normalized spacial score (nSPS) is 12.7. The fourth-order valence-electron chi connectivity index (χ4n) is 2.31. The van der Waals surface area contributed by atoms with Crippen molar-refractivity contribution in [1.82, 2.24) is 5.32 Å². The van der Waals surface area contributed by atoms with Crippen molar-refractivity contribution in [2.45, 2.75) is 26.4 Å². The first-order chi connectivity index (χ1) is 9.99. The van der Waals surface area contributed by atoms with Crippen molar-refractivity contribution in [1.29, 1.82) is 0 Å². The molecule has 1 nitrogen and oxygen atoms in total. The number of rotatable bonds is 5. The lowest BCUT2D eigenvalue weighted by Crippen LogP contribution is -2.25. The second kappa shape index (κ2) is 7.01. The summed E-state index contributed by atoms with van der Waals surface area (Å²) in [5.74, 6) is -0.367. The van der Waals surface area contributed by atoms with Crippen LogP contribution >= 0.6 is 11.6 Å². The highest BCUT2D eigenvalue weighted by Crippen LogP contribution is 2.24. The molecule has 0 saturated heterocycles. The fraction of sp³-hybridized carbons (Fsp3) is 0.294. The van der Waals surface area contributed by atoms with Gasteiger partial charge in [0.1, 0.15) is 11.6 Å². The van der Waals surface area contributed by atoms with Crippen molar-refractivity contribution >= 4 is 11.6 Å². The third-order valence-corrected chi connectivity index (χ3v) is 3.73. The molecule has 2 aromatic rings. The van der Waals surface area contributed by atoms with Crippen molar-refractivity contribution in [2.24, 2.45) is 5.92 Å². The zero-order valence-corrected chi connectivity index (χ0v) is 12.8. The summed E-state index contributed by atoms with van der Waals surface area (Å²) in [4.78, 5) is 0. The van der Waals surface area contributed by atoms with Crippen LogP contribution in [0, 0.1) is 17.6 Å². The first-order valence-electron chi connectivity index (χ1n) is 6.90. The monoisotopic (exact) mass is 309 g/mol. The molecule has 0 spiro atoms. The zero-order valence-electron chi connectivity index (χ0n) is 12.0. The molecule has 0 fully saturated rings. The summed E-state index contributed by atoms with van der Waals surface area (Å²) in [7, 11) is 0. The molecule has 0 amide bonds. The summed E-state index contributed by atoms with van der Waals surface area (Å²) in [6.45, 7) is 4.50. The van der Waals surface area contributed by atoms with Crippen LogP contribution in [0.15, 0.2) is 42.5 Å². The highest BCUT2D eigenvalue weighted by molar-refractivity contribution is 6.30. The Morgan fingerprint density at radius 1 is 1.05 bits per heavy atom. The van der Waals surface area contributed by atoms with Gasteiger partial charge in [-0.15, -0.1) is 0 Å². The van der Waals surface area contributed by atoms with E-state index in [0.717, 1.165) is 5.56 Å². The topological polar surface area (TPSA) is 12.0 Å². The smallest absolute Gasteiger partial charge is 0.146 e. The first kappa shape index (κ1) is 15.9. The van der Waals surface area contributed by atoms with Gasteiger partial charge in [0.2, 0.25) is 0 Å². The molecule has 1 N–H and O–H groups in total. The van der Waals surface area contributed by atoms with Gasteiger partial charge in [0, 0.05) is 18.2 Å². The van der Waals surface area contributed by atoms with Crippen LogP contribution in [-0.2, 0) is 6.54 Å². The molecule has 0 aliphatic rings. The molecule has 0 saturated carbocycles. The molecule has 1 unspecified atom stereocenters. The minimum Gasteiger partial charge on any atom is -0.306 e. The van der Waals surface area contributed by atoms with Gasteiger partial charge in [0.25, 0.3) is 0 Å². The van der Waals surface area contributed by atoms with Gasteiger partial charge in [-0.3, -0.25) is 0 Å². The molecular weight excluding hydrogens is 292 g/mol. The summed E-state index contributed by atoms with van der Waals surface area (Å²) in [5, 5.41) is 3.44. The van der Waals surface area contributed by atoms with E-state index in [9.17, 15) is 8.78 Å². The minimum absolute atomic E-state index is 0.0176. The van der Waals surface area contributed by atoms with E-state index in [-0.39, 0.29) is 22.8 Å². The van der Waals surface area contributed by atoms with E-state index in [0.29, 0.717) is 12.1 Å². The number of benzene rings is 2. The van der Waals surface area contributed by atoms with Crippen LogP contribution < -0.4 is 5.32 Å². The summed E-state index contributed by atoms with van der Waals surface area (Å²) in [6, 6.07) is 11.4. The Bertz CT molecular complexity index is 596. The molecule has 0 heterocycles. The lowest BCUT2D eigenvalue weighted by atomic mass is 9.95. The molecule has 0 radical (unpaired) electrons. The Kier molecular flexibility index (Phi) is 5.32. The highest BCUT2D eigenvalue weighted by atomic mass is 35.5. The molecule has 0 aromatic heterocycles. The molecule has 0 bridgehead atoms. The average molecular weight is 310 g/mol. The third-order valence-electron chi connectivity index (χ3n) is 3.44. The maximum atomic E-state index is 13.9. The maximum Gasteiger partial charge on any atom is 0.146 e. The molecular formula is C17H18ClF2N. The highest BCUT2D eigenvalue weighted by Gasteiger charge is 2.16. The Labute approximate surface area is 128 Å². The average Bonchev–Trinajstić information content (AvgIpc) is 2.45. The third kappa shape index (κ3) is 4.02. The van der Waals surface area contributed by atoms with E-state index in [1.54, 1.807) is 24.3 Å². The summed E-state index contributed by atoms with van der Waals surface area (Å²) in [5.41, 5.74) is 1.50. The van der Waals surface area contributed by atoms with Gasteiger partial charge < -0.3 is 5.32 Å². The second-order valence-electron chi connectivity index (χ2n) is 5.37. The van der Waals surface area contributed by atoms with E-state index in [2.05, 4.69) is 19.2 Å². The van der Waals surface area contributed by atoms with Crippen LogP contribution in [0.4, 0.5) is 8.78 Å². The predicted octanol–water partition coefficient (Wildman–Crippen LogP) is 5.11. The lowest BCUT2D eigenvalue weighted by molar-refractivity contribution is 0.406. The zero-order chi connectivity index (χ0) is 15.4. The standard InChI is InChI=1S/C17H18ClF2N/c1-11(2)17(12-6-8-14(19)9-7-12)21-10-13-4-3-5-15(18)16(13)20/h3-9,11,17,21H,10H2,1-2H3. The molecule has 2 aromatic carbocycles. The van der Waals surface area contributed by atoms with Gasteiger partial charge in [0.15, 0.2) is 0 Å². The van der Waals surface area contributed by atoms with Gasteiger partial charge in [0.05, 0.1) is 5.02 Å². The molecule has 1 atom stereocenters. The van der Waals surface area contributed by atoms with E-state index < -0.39 is 5.82 Å². The SMILES string of the molecule is CC(C)C(NCc1cccc(Cl)c1F)c1ccc(F)cc1. The fourth-order valence-corrected chi connectivity index (χ4v) is 2.51. The van der Waals surface area contributed by atoms with E-state index >= 15 is 0 Å². The minimum atomic E-state index is -0.395. The van der Waals surface area contributed by atoms with E-state index in [1.807, 2.05) is 0 Å². The van der Waals surface area contributed by atoms with Crippen molar-refractivity contribution in [3.63, 3.8) is 0 Å². The number of halogens is 3. The Morgan fingerprint density at radius 3 is 2.33 bits per heavy atom. The van der Waals surface area contributed by atoms with Crippen molar-refractivity contribution in [3.8, 4) is 0 Å². The quantitative estimate of drug-likeness (QED) is 0.809. The number of hydrogen-bond acceptors (Lipinski definition) is 1. The van der Waals surface area contributed by atoms with Gasteiger partial charge in [-0.25, -0.2) is 8.78 Å². The molecule has 4 heteroatoms. The van der Waals surface area contributed by atoms with Crippen LogP contribution in [0.2, 0.25) is 5.02 Å². The first-order valence-corrected chi connectivity index (χ1v) is 7.28. The Morgan fingerprint density at radius 2 is 1.71 bits per heavy atom.